The maximum absolute atomic E-state index is 12.4. The summed E-state index contributed by atoms with van der Waals surface area (Å²) in [6.45, 7) is 8.32. The van der Waals surface area contributed by atoms with Crippen molar-refractivity contribution in [3.63, 3.8) is 0 Å². The second-order valence-corrected chi connectivity index (χ2v) is 7.36. The standard InChI is InChI=1S/C17H21ClN2OS/c1-10(2)9-13-14(17(13,3)4)15(21)20-16(22)19-12-7-5-11(18)6-8-12/h5-9,13-14H,1-4H3,(H2,19,20,21,22)/t13-,14-/m0/s1. The molecule has 2 rings (SSSR count). The molecule has 0 aliphatic heterocycles. The summed E-state index contributed by atoms with van der Waals surface area (Å²) in [4.78, 5) is 12.4. The lowest BCUT2D eigenvalue weighted by Gasteiger charge is -2.10. The third-order valence-electron chi connectivity index (χ3n) is 4.04. The van der Waals surface area contributed by atoms with Crippen molar-refractivity contribution in [3.05, 3.63) is 40.9 Å². The first-order valence-corrected chi connectivity index (χ1v) is 8.03. The van der Waals surface area contributed by atoms with Gasteiger partial charge in [0.05, 0.1) is 5.92 Å². The van der Waals surface area contributed by atoms with Gasteiger partial charge >= 0.3 is 0 Å². The molecule has 0 heterocycles. The van der Waals surface area contributed by atoms with Crippen molar-refractivity contribution < 1.29 is 4.79 Å². The Morgan fingerprint density at radius 3 is 2.41 bits per heavy atom. The lowest BCUT2D eigenvalue weighted by atomic mass is 10.1. The highest BCUT2D eigenvalue weighted by Crippen LogP contribution is 2.59. The third-order valence-corrected chi connectivity index (χ3v) is 4.50. The zero-order chi connectivity index (χ0) is 16.5. The molecular weight excluding hydrogens is 316 g/mol. The maximum atomic E-state index is 12.4. The molecule has 1 aliphatic carbocycles. The number of carbonyl (C=O) groups is 1. The molecule has 1 aromatic carbocycles. The van der Waals surface area contributed by atoms with Crippen molar-refractivity contribution in [2.45, 2.75) is 27.7 Å². The number of hydrogen-bond donors (Lipinski definition) is 2. The molecule has 1 amide bonds. The summed E-state index contributed by atoms with van der Waals surface area (Å²) in [6.07, 6.45) is 2.17. The average molecular weight is 337 g/mol. The van der Waals surface area contributed by atoms with E-state index in [2.05, 4.69) is 44.4 Å². The second-order valence-electron chi connectivity index (χ2n) is 6.52. The van der Waals surface area contributed by atoms with Crippen molar-refractivity contribution in [1.82, 2.24) is 5.32 Å². The lowest BCUT2D eigenvalue weighted by molar-refractivity contribution is -0.121. The van der Waals surface area contributed by atoms with Gasteiger partial charge in [-0.3, -0.25) is 4.79 Å². The molecule has 118 valence electrons. The first-order chi connectivity index (χ1) is 10.2. The van der Waals surface area contributed by atoms with Gasteiger partial charge in [0.1, 0.15) is 0 Å². The molecular formula is C17H21ClN2OS. The number of anilines is 1. The highest BCUT2D eigenvalue weighted by Gasteiger charge is 2.60. The van der Waals surface area contributed by atoms with Gasteiger partial charge in [0.2, 0.25) is 5.91 Å². The number of carbonyl (C=O) groups excluding carboxylic acids is 1. The number of hydrogen-bond acceptors (Lipinski definition) is 2. The summed E-state index contributed by atoms with van der Waals surface area (Å²) in [5.74, 6) is 0.210. The Morgan fingerprint density at radius 2 is 1.86 bits per heavy atom. The third kappa shape index (κ3) is 3.87. The van der Waals surface area contributed by atoms with Crippen molar-refractivity contribution in [2.75, 3.05) is 5.32 Å². The molecule has 5 heteroatoms. The summed E-state index contributed by atoms with van der Waals surface area (Å²) < 4.78 is 0. The van der Waals surface area contributed by atoms with Crippen molar-refractivity contribution in [3.8, 4) is 0 Å². The fraction of sp³-hybridized carbons (Fsp3) is 0.412. The van der Waals surface area contributed by atoms with E-state index >= 15 is 0 Å². The summed E-state index contributed by atoms with van der Waals surface area (Å²) in [5.41, 5.74) is 2.01. The second kappa shape index (κ2) is 6.39. The normalized spacial score (nSPS) is 21.7. The van der Waals surface area contributed by atoms with Gasteiger partial charge in [0.15, 0.2) is 5.11 Å². The van der Waals surface area contributed by atoms with Crippen LogP contribution < -0.4 is 10.6 Å². The minimum absolute atomic E-state index is 0.0166. The average Bonchev–Trinajstić information content (AvgIpc) is 2.92. The van der Waals surface area contributed by atoms with Crippen LogP contribution in [0, 0.1) is 17.3 Å². The molecule has 0 aromatic heterocycles. The van der Waals surface area contributed by atoms with Crippen LogP contribution >= 0.6 is 23.8 Å². The van der Waals surface area contributed by atoms with Crippen molar-refractivity contribution in [1.29, 1.82) is 0 Å². The van der Waals surface area contributed by atoms with E-state index in [1.807, 2.05) is 12.1 Å². The summed E-state index contributed by atoms with van der Waals surface area (Å²) in [6, 6.07) is 7.16. The molecule has 2 atom stereocenters. The molecule has 0 unspecified atom stereocenters. The summed E-state index contributed by atoms with van der Waals surface area (Å²) in [7, 11) is 0. The lowest BCUT2D eigenvalue weighted by Crippen LogP contribution is -2.36. The Balaban J connectivity index is 1.93. The van der Waals surface area contributed by atoms with Gasteiger partial charge in [0.25, 0.3) is 0 Å². The Morgan fingerprint density at radius 1 is 1.27 bits per heavy atom. The largest absolute Gasteiger partial charge is 0.332 e. The number of amides is 1. The van der Waals surface area contributed by atoms with Crippen molar-refractivity contribution in [2.24, 2.45) is 17.3 Å². The number of nitrogens with one attached hydrogen (secondary N) is 2. The molecule has 1 saturated carbocycles. The van der Waals surface area contributed by atoms with Crippen LogP contribution in [0.3, 0.4) is 0 Å². The number of halogens is 1. The van der Waals surface area contributed by atoms with E-state index in [0.29, 0.717) is 10.1 Å². The van der Waals surface area contributed by atoms with E-state index in [0.717, 1.165) is 5.69 Å². The van der Waals surface area contributed by atoms with Gasteiger partial charge in [-0.2, -0.15) is 0 Å². The first kappa shape index (κ1) is 17.0. The van der Waals surface area contributed by atoms with E-state index in [9.17, 15) is 4.79 Å². The minimum Gasteiger partial charge on any atom is -0.332 e. The van der Waals surface area contributed by atoms with Crippen LogP contribution in [0.15, 0.2) is 35.9 Å². The smallest absolute Gasteiger partial charge is 0.230 e. The fourth-order valence-corrected chi connectivity index (χ4v) is 3.08. The predicted octanol–water partition coefficient (Wildman–Crippen LogP) is 4.39. The highest BCUT2D eigenvalue weighted by atomic mass is 35.5. The molecule has 0 bridgehead atoms. The number of benzene rings is 1. The summed E-state index contributed by atoms with van der Waals surface area (Å²) >= 11 is 11.0. The van der Waals surface area contributed by atoms with Gasteiger partial charge in [-0.1, -0.05) is 37.1 Å². The topological polar surface area (TPSA) is 41.1 Å². The molecule has 1 aromatic rings. The molecule has 0 saturated heterocycles. The number of rotatable bonds is 3. The van der Waals surface area contributed by atoms with Gasteiger partial charge in [0, 0.05) is 10.7 Å². The fourth-order valence-electron chi connectivity index (χ4n) is 2.73. The van der Waals surface area contributed by atoms with Gasteiger partial charge in [-0.15, -0.1) is 0 Å². The van der Waals surface area contributed by atoms with Crippen LogP contribution in [0.5, 0.6) is 0 Å². The van der Waals surface area contributed by atoms with Crippen LogP contribution in [0.4, 0.5) is 5.69 Å². The van der Waals surface area contributed by atoms with E-state index in [1.54, 1.807) is 12.1 Å². The first-order valence-electron chi connectivity index (χ1n) is 7.24. The van der Waals surface area contributed by atoms with Crippen LogP contribution in [-0.4, -0.2) is 11.0 Å². The van der Waals surface area contributed by atoms with E-state index in [-0.39, 0.29) is 23.2 Å². The Kier molecular flexibility index (Phi) is 4.93. The Hall–Kier alpha value is -1.39. The Labute approximate surface area is 142 Å². The van der Waals surface area contributed by atoms with Gasteiger partial charge in [-0.05, 0) is 61.7 Å². The molecule has 22 heavy (non-hydrogen) atoms. The SMILES string of the molecule is CC(C)=C[C@H]1[C@@H](C(=O)NC(=S)Nc2ccc(Cl)cc2)C1(C)C. The molecule has 1 fully saturated rings. The number of allylic oxidation sites excluding steroid dienone is 2. The molecule has 2 N–H and O–H groups in total. The van der Waals surface area contributed by atoms with Gasteiger partial charge < -0.3 is 10.6 Å². The van der Waals surface area contributed by atoms with Gasteiger partial charge in [-0.25, -0.2) is 0 Å². The maximum Gasteiger partial charge on any atom is 0.230 e. The summed E-state index contributed by atoms with van der Waals surface area (Å²) in [5, 5.41) is 6.74. The molecule has 3 nitrogen and oxygen atoms in total. The minimum atomic E-state index is -0.0348. The van der Waals surface area contributed by atoms with Crippen LogP contribution in [0.25, 0.3) is 0 Å². The van der Waals surface area contributed by atoms with E-state index < -0.39 is 0 Å². The van der Waals surface area contributed by atoms with E-state index in [1.165, 1.54) is 5.57 Å². The van der Waals surface area contributed by atoms with Crippen LogP contribution in [0.2, 0.25) is 5.02 Å². The molecule has 1 aliphatic rings. The monoisotopic (exact) mass is 336 g/mol. The highest BCUT2D eigenvalue weighted by molar-refractivity contribution is 7.80. The Bertz CT molecular complexity index is 618. The molecule has 0 radical (unpaired) electrons. The quantitative estimate of drug-likeness (QED) is 0.635. The zero-order valence-electron chi connectivity index (χ0n) is 13.2. The van der Waals surface area contributed by atoms with Crippen LogP contribution in [-0.2, 0) is 4.79 Å². The van der Waals surface area contributed by atoms with Crippen LogP contribution in [0.1, 0.15) is 27.7 Å². The van der Waals surface area contributed by atoms with E-state index in [4.69, 9.17) is 23.8 Å². The zero-order valence-corrected chi connectivity index (χ0v) is 14.8. The van der Waals surface area contributed by atoms with Crippen molar-refractivity contribution >= 4 is 40.5 Å². The molecule has 0 spiro atoms. The number of thiocarbonyl (C=S) groups is 1. The predicted molar refractivity (Wildman–Crippen MR) is 96.0 cm³/mol.